The van der Waals surface area contributed by atoms with Gasteiger partial charge in [-0.1, -0.05) is 18.2 Å². The minimum atomic E-state index is -0.793. The number of carbonyl (C=O) groups is 1. The second-order valence-electron chi connectivity index (χ2n) is 4.90. The number of rotatable bonds is 6. The van der Waals surface area contributed by atoms with E-state index in [0.717, 1.165) is 0 Å². The van der Waals surface area contributed by atoms with Crippen molar-refractivity contribution >= 4 is 40.1 Å². The molecule has 1 aromatic carbocycles. The fraction of sp³-hybridized carbons (Fsp3) is 0.267. The largest absolute Gasteiger partial charge is 3.00 e. The number of guanidine groups is 1. The van der Waals surface area contributed by atoms with E-state index in [1.807, 2.05) is 0 Å². The molecule has 0 spiro atoms. The van der Waals surface area contributed by atoms with Gasteiger partial charge in [0.25, 0.3) is 0 Å². The summed E-state index contributed by atoms with van der Waals surface area (Å²) in [6.07, 6.45) is 0.922. The van der Waals surface area contributed by atoms with Crippen LogP contribution < -0.4 is 60.0 Å². The Morgan fingerprint density at radius 3 is 2.38 bits per heavy atom. The topological polar surface area (TPSA) is 138 Å². The molecule has 26 heavy (non-hydrogen) atoms. The molecule has 0 aliphatic carbocycles. The van der Waals surface area contributed by atoms with E-state index in [0.29, 0.717) is 30.4 Å². The first-order valence-corrected chi connectivity index (χ1v) is 6.87. The molecule has 7 nitrogen and oxygen atoms in total. The van der Waals surface area contributed by atoms with Crippen molar-refractivity contribution in [1.82, 2.24) is 0 Å². The van der Waals surface area contributed by atoms with Crippen LogP contribution in [0.4, 0.5) is 0 Å². The quantitative estimate of drug-likeness (QED) is 0.103. The van der Waals surface area contributed by atoms with Crippen LogP contribution in [0.5, 0.6) is 0 Å². The standard InChI is InChI=1S/C15H18N4O3.Al.3ClH/c16-11(5-3-7-19-15(17)18)13(20)10-8-9-4-1-2-6-12(9)22-14(10)21;;;;/h1-2,4,6,8,11H,3,5,7,16H2,(H4,17,18,19);;3*1H/q;+3;;;/p-3. The molecular weight excluding hydrogens is 418 g/mol. The minimum absolute atomic E-state index is 0. The second-order valence-corrected chi connectivity index (χ2v) is 4.90. The summed E-state index contributed by atoms with van der Waals surface area (Å²) in [4.78, 5) is 28.0. The zero-order chi connectivity index (χ0) is 16.1. The first-order chi connectivity index (χ1) is 10.5. The molecule has 2 aromatic rings. The molecule has 0 saturated heterocycles. The maximum atomic E-state index is 12.3. The van der Waals surface area contributed by atoms with Crippen LogP contribution >= 0.6 is 0 Å². The summed E-state index contributed by atoms with van der Waals surface area (Å²) in [6.45, 7) is 0.385. The van der Waals surface area contributed by atoms with Crippen molar-refractivity contribution in [2.75, 3.05) is 6.54 Å². The van der Waals surface area contributed by atoms with Crippen LogP contribution in [0.1, 0.15) is 23.2 Å². The summed E-state index contributed by atoms with van der Waals surface area (Å²) >= 11 is 0. The van der Waals surface area contributed by atoms with Crippen LogP contribution in [0.25, 0.3) is 11.0 Å². The number of nitrogens with two attached hydrogens (primary N) is 3. The molecule has 6 N–H and O–H groups in total. The monoisotopic (exact) mass is 434 g/mol. The van der Waals surface area contributed by atoms with Gasteiger partial charge in [-0.15, -0.1) is 0 Å². The van der Waals surface area contributed by atoms with Crippen molar-refractivity contribution in [3.05, 3.63) is 46.3 Å². The SMILES string of the molecule is NC(N)=NCCCC(N)C(=O)c1cc2ccccc2oc1=O.[Al+3].[Cl-].[Cl-].[Cl-]. The number of hydrogen-bond acceptors (Lipinski definition) is 5. The Hall–Kier alpha value is -1.27. The molecule has 0 aliphatic rings. The van der Waals surface area contributed by atoms with Gasteiger partial charge in [-0.2, -0.15) is 0 Å². The van der Waals surface area contributed by atoms with Crippen molar-refractivity contribution in [2.45, 2.75) is 18.9 Å². The van der Waals surface area contributed by atoms with Crippen molar-refractivity contribution in [3.8, 4) is 0 Å². The van der Waals surface area contributed by atoms with Crippen molar-refractivity contribution in [2.24, 2.45) is 22.2 Å². The maximum absolute atomic E-state index is 12.3. The normalized spacial score (nSPS) is 10.2. The average molecular weight is 436 g/mol. The number of fused-ring (bicyclic) bond motifs is 1. The first-order valence-electron chi connectivity index (χ1n) is 6.87. The molecule has 1 unspecified atom stereocenters. The fourth-order valence-electron chi connectivity index (χ4n) is 2.08. The van der Waals surface area contributed by atoms with Crippen molar-refractivity contribution < 1.29 is 46.4 Å². The van der Waals surface area contributed by atoms with Gasteiger partial charge in [-0.3, -0.25) is 9.79 Å². The summed E-state index contributed by atoms with van der Waals surface area (Å²) in [6, 6.07) is 7.70. The van der Waals surface area contributed by atoms with Crippen LogP contribution in [0.3, 0.4) is 0 Å². The van der Waals surface area contributed by atoms with Gasteiger partial charge in [0.15, 0.2) is 11.7 Å². The predicted octanol–water partition coefficient (Wildman–Crippen LogP) is -9.01. The van der Waals surface area contributed by atoms with E-state index in [9.17, 15) is 9.59 Å². The Morgan fingerprint density at radius 2 is 1.77 bits per heavy atom. The van der Waals surface area contributed by atoms with Crippen LogP contribution in [0.2, 0.25) is 0 Å². The molecule has 0 radical (unpaired) electrons. The van der Waals surface area contributed by atoms with E-state index in [1.165, 1.54) is 6.07 Å². The molecule has 0 bridgehead atoms. The molecule has 140 valence electrons. The third-order valence-electron chi connectivity index (χ3n) is 3.21. The summed E-state index contributed by atoms with van der Waals surface area (Å²) in [7, 11) is 0. The summed E-state index contributed by atoms with van der Waals surface area (Å²) < 4.78 is 5.13. The van der Waals surface area contributed by atoms with E-state index in [4.69, 9.17) is 21.6 Å². The number of nitrogens with zero attached hydrogens (tertiary/aromatic N) is 1. The van der Waals surface area contributed by atoms with Gasteiger partial charge >= 0.3 is 23.0 Å². The first kappa shape index (κ1) is 29.5. The van der Waals surface area contributed by atoms with Crippen molar-refractivity contribution in [1.29, 1.82) is 0 Å². The fourth-order valence-corrected chi connectivity index (χ4v) is 2.08. The molecule has 0 fully saturated rings. The molecule has 0 aliphatic heterocycles. The number of Topliss-reactive ketones (excluding diaryl/α,β-unsaturated/α-hetero) is 1. The molecule has 11 heteroatoms. The van der Waals surface area contributed by atoms with Crippen LogP contribution in [0.15, 0.2) is 44.5 Å². The summed E-state index contributed by atoms with van der Waals surface area (Å²) in [5.41, 5.74) is 16.0. The number of halogens is 3. The Balaban J connectivity index is -0.00000132. The van der Waals surface area contributed by atoms with E-state index < -0.39 is 17.5 Å². The van der Waals surface area contributed by atoms with Crippen LogP contribution in [0, 0.1) is 0 Å². The predicted molar refractivity (Wildman–Crippen MR) is 90.5 cm³/mol. The molecule has 2 rings (SSSR count). The Kier molecular flexibility index (Phi) is 15.7. The van der Waals surface area contributed by atoms with Crippen molar-refractivity contribution in [3.63, 3.8) is 0 Å². The number of carbonyl (C=O) groups excluding carboxylic acids is 1. The molecular formula is C15H18AlCl3N4O3. The minimum Gasteiger partial charge on any atom is -1.00 e. The van der Waals surface area contributed by atoms with Gasteiger partial charge < -0.3 is 58.8 Å². The van der Waals surface area contributed by atoms with Crippen LogP contribution in [-0.2, 0) is 0 Å². The van der Waals surface area contributed by atoms with Gasteiger partial charge in [0, 0.05) is 11.9 Å². The van der Waals surface area contributed by atoms with Gasteiger partial charge in [0.1, 0.15) is 11.1 Å². The molecule has 0 saturated carbocycles. The zero-order valence-electron chi connectivity index (χ0n) is 13.7. The number of ketones is 1. The van der Waals surface area contributed by atoms with Gasteiger partial charge in [0.2, 0.25) is 0 Å². The molecule has 1 heterocycles. The Bertz CT molecular complexity index is 782. The average Bonchev–Trinajstić information content (AvgIpc) is 2.49. The maximum Gasteiger partial charge on any atom is 3.00 e. The second kappa shape index (κ2) is 13.9. The van der Waals surface area contributed by atoms with Gasteiger partial charge in [-0.05, 0) is 25.0 Å². The molecule has 0 amide bonds. The Morgan fingerprint density at radius 1 is 1.15 bits per heavy atom. The number of benzene rings is 1. The number of hydrogen-bond donors (Lipinski definition) is 3. The zero-order valence-corrected chi connectivity index (χ0v) is 17.1. The smallest absolute Gasteiger partial charge is 1.00 e. The molecule has 1 atom stereocenters. The van der Waals surface area contributed by atoms with E-state index in [1.54, 1.807) is 24.3 Å². The third-order valence-corrected chi connectivity index (χ3v) is 3.21. The van der Waals surface area contributed by atoms with Crippen LogP contribution in [-0.4, -0.2) is 41.7 Å². The van der Waals surface area contributed by atoms with E-state index >= 15 is 0 Å². The van der Waals surface area contributed by atoms with E-state index in [2.05, 4.69) is 4.99 Å². The Labute approximate surface area is 180 Å². The number of para-hydroxylation sites is 1. The van der Waals surface area contributed by atoms with Gasteiger partial charge in [0.05, 0.1) is 6.04 Å². The molecule has 1 aromatic heterocycles. The summed E-state index contributed by atoms with van der Waals surface area (Å²) in [5, 5.41) is 0.679. The summed E-state index contributed by atoms with van der Waals surface area (Å²) in [5.74, 6) is -0.445. The third kappa shape index (κ3) is 7.96. The van der Waals surface area contributed by atoms with E-state index in [-0.39, 0.29) is 66.1 Å². The van der Waals surface area contributed by atoms with Gasteiger partial charge in [-0.25, -0.2) is 4.79 Å². The number of aliphatic imine (C=N–C) groups is 1.